The molecule has 0 aliphatic rings. The molecule has 1 heterocycles. The number of halogens is 2. The molecule has 6 heteroatoms. The van der Waals surface area contributed by atoms with Gasteiger partial charge in [0, 0.05) is 34.1 Å². The summed E-state index contributed by atoms with van der Waals surface area (Å²) in [5, 5.41) is 8.38. The van der Waals surface area contributed by atoms with Crippen molar-refractivity contribution in [3.63, 3.8) is 0 Å². The average molecular weight is 407 g/mol. The van der Waals surface area contributed by atoms with Crippen molar-refractivity contribution in [3.8, 4) is 11.3 Å². The molecule has 29 heavy (non-hydrogen) atoms. The normalized spacial score (nSPS) is 11.3. The van der Waals surface area contributed by atoms with Gasteiger partial charge in [-0.15, -0.1) is 0 Å². The molecule has 144 valence electrons. The van der Waals surface area contributed by atoms with E-state index in [-0.39, 0.29) is 11.6 Å². The van der Waals surface area contributed by atoms with Crippen LogP contribution in [0.25, 0.3) is 22.2 Å². The van der Waals surface area contributed by atoms with Crippen molar-refractivity contribution in [1.82, 2.24) is 5.16 Å². The lowest BCUT2D eigenvalue weighted by molar-refractivity contribution is 0.104. The summed E-state index contributed by atoms with van der Waals surface area (Å²) in [5.74, 6) is -0.128. The van der Waals surface area contributed by atoms with Crippen molar-refractivity contribution in [2.75, 3.05) is 5.32 Å². The lowest BCUT2D eigenvalue weighted by Crippen LogP contribution is -1.97. The van der Waals surface area contributed by atoms with Crippen LogP contribution < -0.4 is 5.32 Å². The standard InChI is InChI=1S/C23H16ClFN2O2/c1-14-11-17(24)6-8-20(14)26-10-9-22(28)15-5-7-21-19(13-15)23(29-27-21)16-3-2-4-18(25)12-16/h2-13,26H,1H3/b10-9+. The van der Waals surface area contributed by atoms with Crippen LogP contribution in [0.2, 0.25) is 5.02 Å². The van der Waals surface area contributed by atoms with Gasteiger partial charge in [0.05, 0.1) is 5.39 Å². The summed E-state index contributed by atoms with van der Waals surface area (Å²) >= 11 is 5.95. The van der Waals surface area contributed by atoms with Crippen LogP contribution in [0.15, 0.2) is 77.5 Å². The first-order chi connectivity index (χ1) is 14.0. The fourth-order valence-corrected chi connectivity index (χ4v) is 3.25. The van der Waals surface area contributed by atoms with E-state index < -0.39 is 0 Å². The summed E-state index contributed by atoms with van der Waals surface area (Å²) in [6.07, 6.45) is 3.04. The molecule has 1 aromatic heterocycles. The van der Waals surface area contributed by atoms with Crippen molar-refractivity contribution in [2.24, 2.45) is 0 Å². The number of anilines is 1. The molecule has 0 spiro atoms. The second kappa shape index (κ2) is 7.89. The Hall–Kier alpha value is -3.44. The summed E-state index contributed by atoms with van der Waals surface area (Å²) < 4.78 is 18.9. The van der Waals surface area contributed by atoms with Gasteiger partial charge in [-0.25, -0.2) is 4.39 Å². The minimum Gasteiger partial charge on any atom is -0.361 e. The molecule has 4 nitrogen and oxygen atoms in total. The van der Waals surface area contributed by atoms with E-state index in [1.54, 1.807) is 42.6 Å². The van der Waals surface area contributed by atoms with E-state index >= 15 is 0 Å². The van der Waals surface area contributed by atoms with Gasteiger partial charge in [0.2, 0.25) is 0 Å². The Morgan fingerprint density at radius 1 is 1.14 bits per heavy atom. The lowest BCUT2D eigenvalue weighted by atomic mass is 10.0. The van der Waals surface area contributed by atoms with Crippen LogP contribution in [-0.2, 0) is 0 Å². The molecule has 0 radical (unpaired) electrons. The van der Waals surface area contributed by atoms with Crippen LogP contribution in [0.4, 0.5) is 10.1 Å². The van der Waals surface area contributed by atoms with Crippen LogP contribution in [-0.4, -0.2) is 10.9 Å². The second-order valence-corrected chi connectivity index (χ2v) is 6.99. The number of carbonyl (C=O) groups is 1. The maximum absolute atomic E-state index is 13.6. The van der Waals surface area contributed by atoms with Crippen LogP contribution in [0.1, 0.15) is 15.9 Å². The Morgan fingerprint density at radius 2 is 2.00 bits per heavy atom. The van der Waals surface area contributed by atoms with Crippen molar-refractivity contribution < 1.29 is 13.7 Å². The highest BCUT2D eigenvalue weighted by Gasteiger charge is 2.13. The number of benzene rings is 3. The van der Waals surface area contributed by atoms with E-state index in [2.05, 4.69) is 10.5 Å². The monoisotopic (exact) mass is 406 g/mol. The van der Waals surface area contributed by atoms with Crippen LogP contribution in [0.5, 0.6) is 0 Å². The topological polar surface area (TPSA) is 55.1 Å². The van der Waals surface area contributed by atoms with Gasteiger partial charge in [-0.3, -0.25) is 4.79 Å². The highest BCUT2D eigenvalue weighted by Crippen LogP contribution is 2.30. The molecule has 0 atom stereocenters. The van der Waals surface area contributed by atoms with Gasteiger partial charge >= 0.3 is 0 Å². The zero-order valence-corrected chi connectivity index (χ0v) is 16.2. The molecule has 4 rings (SSSR count). The summed E-state index contributed by atoms with van der Waals surface area (Å²) in [4.78, 5) is 12.6. The molecular formula is C23H16ClFN2O2. The Balaban J connectivity index is 1.58. The van der Waals surface area contributed by atoms with Crippen LogP contribution >= 0.6 is 11.6 Å². The summed E-state index contributed by atoms with van der Waals surface area (Å²) in [6.45, 7) is 1.93. The van der Waals surface area contributed by atoms with Gasteiger partial charge in [0.25, 0.3) is 0 Å². The second-order valence-electron chi connectivity index (χ2n) is 6.56. The van der Waals surface area contributed by atoms with E-state index in [9.17, 15) is 9.18 Å². The summed E-state index contributed by atoms with van der Waals surface area (Å²) in [6, 6.07) is 16.6. The first-order valence-corrected chi connectivity index (χ1v) is 9.28. The average Bonchev–Trinajstić information content (AvgIpc) is 3.13. The molecule has 0 amide bonds. The first kappa shape index (κ1) is 18.9. The molecule has 3 aromatic carbocycles. The lowest BCUT2D eigenvalue weighted by Gasteiger charge is -2.05. The number of carbonyl (C=O) groups excluding carboxylic acids is 1. The van der Waals surface area contributed by atoms with Crippen molar-refractivity contribution >= 4 is 34.0 Å². The van der Waals surface area contributed by atoms with Gasteiger partial charge in [0.15, 0.2) is 11.5 Å². The Bertz CT molecular complexity index is 1250. The number of aromatic nitrogens is 1. The zero-order chi connectivity index (χ0) is 20.4. The Labute approximate surface area is 171 Å². The smallest absolute Gasteiger partial charge is 0.187 e. The molecule has 1 N–H and O–H groups in total. The Kier molecular flexibility index (Phi) is 5.14. The van der Waals surface area contributed by atoms with Gasteiger partial charge in [-0.2, -0.15) is 0 Å². The number of allylic oxidation sites excluding steroid dienone is 1. The van der Waals surface area contributed by atoms with Gasteiger partial charge in [0.1, 0.15) is 11.3 Å². The summed E-state index contributed by atoms with van der Waals surface area (Å²) in [7, 11) is 0. The van der Waals surface area contributed by atoms with E-state index in [1.807, 2.05) is 19.1 Å². The molecule has 0 aliphatic heterocycles. The maximum Gasteiger partial charge on any atom is 0.187 e. The van der Waals surface area contributed by atoms with E-state index in [4.69, 9.17) is 16.1 Å². The molecular weight excluding hydrogens is 391 g/mol. The van der Waals surface area contributed by atoms with Crippen LogP contribution in [0, 0.1) is 12.7 Å². The highest BCUT2D eigenvalue weighted by molar-refractivity contribution is 6.30. The van der Waals surface area contributed by atoms with E-state index in [0.29, 0.717) is 32.8 Å². The van der Waals surface area contributed by atoms with Crippen molar-refractivity contribution in [2.45, 2.75) is 6.92 Å². The predicted molar refractivity (Wildman–Crippen MR) is 113 cm³/mol. The number of hydrogen-bond donors (Lipinski definition) is 1. The molecule has 0 saturated carbocycles. The largest absolute Gasteiger partial charge is 0.361 e. The Morgan fingerprint density at radius 3 is 2.79 bits per heavy atom. The molecule has 0 unspecified atom stereocenters. The van der Waals surface area contributed by atoms with Crippen LogP contribution in [0.3, 0.4) is 0 Å². The van der Waals surface area contributed by atoms with E-state index in [0.717, 1.165) is 11.3 Å². The number of rotatable bonds is 5. The first-order valence-electron chi connectivity index (χ1n) is 8.90. The van der Waals surface area contributed by atoms with Gasteiger partial charge < -0.3 is 9.84 Å². The number of ketones is 1. The molecule has 0 bridgehead atoms. The number of nitrogens with one attached hydrogen (secondary N) is 1. The van der Waals surface area contributed by atoms with Crippen molar-refractivity contribution in [1.29, 1.82) is 0 Å². The third kappa shape index (κ3) is 4.05. The number of hydrogen-bond acceptors (Lipinski definition) is 4. The molecule has 0 saturated heterocycles. The minimum atomic E-state index is -0.370. The molecule has 0 aliphatic carbocycles. The number of aryl methyl sites for hydroxylation is 1. The molecule has 0 fully saturated rings. The third-order valence-electron chi connectivity index (χ3n) is 4.51. The SMILES string of the molecule is Cc1cc(Cl)ccc1N/C=C/C(=O)c1ccc2noc(-c3cccc(F)c3)c2c1. The fourth-order valence-electron chi connectivity index (χ4n) is 3.03. The van der Waals surface area contributed by atoms with Crippen molar-refractivity contribution in [3.05, 3.63) is 94.9 Å². The number of nitrogens with zero attached hydrogens (tertiary/aromatic N) is 1. The molecule has 4 aromatic rings. The fraction of sp³-hybridized carbons (Fsp3) is 0.0435. The van der Waals surface area contributed by atoms with Gasteiger partial charge in [-0.05, 0) is 61.0 Å². The predicted octanol–water partition coefficient (Wildman–Crippen LogP) is 6.40. The maximum atomic E-state index is 13.6. The minimum absolute atomic E-state index is 0.183. The van der Waals surface area contributed by atoms with Gasteiger partial charge in [-0.1, -0.05) is 28.9 Å². The zero-order valence-electron chi connectivity index (χ0n) is 15.4. The number of fused-ring (bicyclic) bond motifs is 1. The van der Waals surface area contributed by atoms with E-state index in [1.165, 1.54) is 18.2 Å². The third-order valence-corrected chi connectivity index (χ3v) is 4.74. The highest BCUT2D eigenvalue weighted by atomic mass is 35.5. The summed E-state index contributed by atoms with van der Waals surface area (Å²) in [5.41, 5.74) is 3.47. The quantitative estimate of drug-likeness (QED) is 0.307.